The van der Waals surface area contributed by atoms with Gasteiger partial charge in [-0.1, -0.05) is 12.2 Å². The number of nitrogens with zero attached hydrogens (tertiary/aromatic N) is 2. The lowest BCUT2D eigenvalue weighted by atomic mass is 10.2. The SMILES string of the molecule is C=C(C)CNC(=NCC(=O)N(C)C)NC1CCC(SC)C1.I. The van der Waals surface area contributed by atoms with Crippen molar-refractivity contribution in [1.29, 1.82) is 0 Å². The van der Waals surface area contributed by atoms with Crippen molar-refractivity contribution >= 4 is 47.6 Å². The third-order valence-electron chi connectivity index (χ3n) is 3.49. The van der Waals surface area contributed by atoms with E-state index in [0.717, 1.165) is 23.7 Å². The van der Waals surface area contributed by atoms with E-state index in [0.29, 0.717) is 18.5 Å². The molecular weight excluding hydrogens is 411 g/mol. The Bertz CT molecular complexity index is 401. The minimum Gasteiger partial charge on any atom is -0.354 e. The maximum absolute atomic E-state index is 11.7. The normalized spacial score (nSPS) is 21.0. The van der Waals surface area contributed by atoms with Crippen molar-refractivity contribution in [2.24, 2.45) is 4.99 Å². The molecule has 0 radical (unpaired) electrons. The van der Waals surface area contributed by atoms with E-state index in [9.17, 15) is 4.79 Å². The largest absolute Gasteiger partial charge is 0.354 e. The number of carbonyl (C=O) groups excluding carboxylic acids is 1. The van der Waals surface area contributed by atoms with E-state index in [1.807, 2.05) is 18.7 Å². The lowest BCUT2D eigenvalue weighted by Gasteiger charge is -2.18. The molecule has 128 valence electrons. The molecule has 22 heavy (non-hydrogen) atoms. The third-order valence-corrected chi connectivity index (χ3v) is 4.58. The first kappa shape index (κ1) is 21.6. The molecule has 0 saturated heterocycles. The highest BCUT2D eigenvalue weighted by molar-refractivity contribution is 14.0. The van der Waals surface area contributed by atoms with Crippen molar-refractivity contribution in [3.8, 4) is 0 Å². The Balaban J connectivity index is 0.00000441. The fourth-order valence-electron chi connectivity index (χ4n) is 2.15. The Morgan fingerprint density at radius 2 is 2.09 bits per heavy atom. The average Bonchev–Trinajstić information content (AvgIpc) is 2.88. The van der Waals surface area contributed by atoms with Crippen molar-refractivity contribution in [1.82, 2.24) is 15.5 Å². The third kappa shape index (κ3) is 8.26. The quantitative estimate of drug-likeness (QED) is 0.288. The summed E-state index contributed by atoms with van der Waals surface area (Å²) in [6.45, 7) is 6.68. The van der Waals surface area contributed by atoms with Crippen LogP contribution in [0.4, 0.5) is 0 Å². The van der Waals surface area contributed by atoms with Gasteiger partial charge < -0.3 is 15.5 Å². The number of amides is 1. The fraction of sp³-hybridized carbons (Fsp3) is 0.733. The summed E-state index contributed by atoms with van der Waals surface area (Å²) in [6, 6.07) is 0.438. The molecule has 7 heteroatoms. The molecule has 0 bridgehead atoms. The fourth-order valence-corrected chi connectivity index (χ4v) is 2.95. The van der Waals surface area contributed by atoms with Gasteiger partial charge in [-0.3, -0.25) is 4.79 Å². The van der Waals surface area contributed by atoms with Crippen LogP contribution in [0.15, 0.2) is 17.1 Å². The predicted molar refractivity (Wildman–Crippen MR) is 107 cm³/mol. The number of thioether (sulfide) groups is 1. The smallest absolute Gasteiger partial charge is 0.243 e. The van der Waals surface area contributed by atoms with Crippen molar-refractivity contribution in [2.45, 2.75) is 37.5 Å². The second kappa shape index (κ2) is 11.2. The Labute approximate surface area is 155 Å². The molecule has 0 aromatic heterocycles. The summed E-state index contributed by atoms with van der Waals surface area (Å²) in [5.74, 6) is 0.708. The Morgan fingerprint density at radius 1 is 1.41 bits per heavy atom. The van der Waals surface area contributed by atoms with E-state index >= 15 is 0 Å². The van der Waals surface area contributed by atoms with Crippen LogP contribution in [0, 0.1) is 0 Å². The number of rotatable bonds is 6. The van der Waals surface area contributed by atoms with Crippen LogP contribution in [0.2, 0.25) is 0 Å². The van der Waals surface area contributed by atoms with Crippen LogP contribution in [-0.2, 0) is 4.79 Å². The molecule has 1 aliphatic carbocycles. The topological polar surface area (TPSA) is 56.7 Å². The molecule has 2 N–H and O–H groups in total. The number of likely N-dealkylation sites (N-methyl/N-ethyl adjacent to an activating group) is 1. The zero-order valence-electron chi connectivity index (χ0n) is 14.0. The monoisotopic (exact) mass is 440 g/mol. The zero-order chi connectivity index (χ0) is 15.8. The first-order chi connectivity index (χ1) is 9.92. The van der Waals surface area contributed by atoms with Gasteiger partial charge in [0.25, 0.3) is 0 Å². The predicted octanol–water partition coefficient (Wildman–Crippen LogP) is 2.09. The van der Waals surface area contributed by atoms with Crippen LogP contribution in [0.1, 0.15) is 26.2 Å². The molecule has 0 spiro atoms. The Morgan fingerprint density at radius 3 is 2.59 bits per heavy atom. The van der Waals surface area contributed by atoms with Gasteiger partial charge in [0.2, 0.25) is 5.91 Å². The molecule has 1 amide bonds. The van der Waals surface area contributed by atoms with Gasteiger partial charge in [0.15, 0.2) is 5.96 Å². The van der Waals surface area contributed by atoms with Crippen molar-refractivity contribution in [3.63, 3.8) is 0 Å². The van der Waals surface area contributed by atoms with Crippen molar-refractivity contribution in [2.75, 3.05) is 33.4 Å². The molecule has 1 aliphatic rings. The molecule has 1 rings (SSSR count). The molecule has 1 saturated carbocycles. The lowest BCUT2D eigenvalue weighted by molar-refractivity contribution is -0.127. The van der Waals surface area contributed by atoms with Crippen LogP contribution in [0.5, 0.6) is 0 Å². The molecule has 1 fully saturated rings. The second-order valence-electron chi connectivity index (χ2n) is 5.78. The van der Waals surface area contributed by atoms with Gasteiger partial charge in [-0.2, -0.15) is 11.8 Å². The van der Waals surface area contributed by atoms with Crippen LogP contribution in [-0.4, -0.2) is 61.5 Å². The van der Waals surface area contributed by atoms with E-state index in [1.165, 1.54) is 6.42 Å². The summed E-state index contributed by atoms with van der Waals surface area (Å²) >= 11 is 1.93. The molecule has 5 nitrogen and oxygen atoms in total. The van der Waals surface area contributed by atoms with Crippen LogP contribution in [0.25, 0.3) is 0 Å². The maximum atomic E-state index is 11.7. The summed E-state index contributed by atoms with van der Waals surface area (Å²) in [5, 5.41) is 7.41. The molecule has 0 aromatic rings. The van der Waals surface area contributed by atoms with Gasteiger partial charge in [0, 0.05) is 31.9 Å². The van der Waals surface area contributed by atoms with Gasteiger partial charge in [0.05, 0.1) is 0 Å². The van der Waals surface area contributed by atoms with Crippen molar-refractivity contribution < 1.29 is 4.79 Å². The highest BCUT2D eigenvalue weighted by Crippen LogP contribution is 2.27. The first-order valence-corrected chi connectivity index (χ1v) is 8.63. The van der Waals surface area contributed by atoms with E-state index in [2.05, 4.69) is 28.5 Å². The Hall–Kier alpha value is -0.440. The Kier molecular flexibility index (Phi) is 10.9. The second-order valence-corrected chi connectivity index (χ2v) is 6.91. The highest BCUT2D eigenvalue weighted by Gasteiger charge is 2.24. The molecule has 0 aromatic carbocycles. The number of carbonyl (C=O) groups is 1. The van der Waals surface area contributed by atoms with Gasteiger partial charge in [-0.15, -0.1) is 24.0 Å². The molecule has 0 aliphatic heterocycles. The summed E-state index contributed by atoms with van der Waals surface area (Å²) in [5.41, 5.74) is 1.04. The number of nitrogens with one attached hydrogen (secondary N) is 2. The van der Waals surface area contributed by atoms with Gasteiger partial charge in [0.1, 0.15) is 6.54 Å². The van der Waals surface area contributed by atoms with E-state index < -0.39 is 0 Å². The van der Waals surface area contributed by atoms with Crippen molar-refractivity contribution in [3.05, 3.63) is 12.2 Å². The van der Waals surface area contributed by atoms with Gasteiger partial charge in [-0.05, 0) is 32.4 Å². The zero-order valence-corrected chi connectivity index (χ0v) is 17.2. The van der Waals surface area contributed by atoms with E-state index in [-0.39, 0.29) is 36.4 Å². The van der Waals surface area contributed by atoms with Crippen LogP contribution >= 0.6 is 35.7 Å². The number of halogens is 1. The molecule has 2 unspecified atom stereocenters. The summed E-state index contributed by atoms with van der Waals surface area (Å²) < 4.78 is 0. The number of guanidine groups is 1. The number of hydrogen-bond donors (Lipinski definition) is 2. The average molecular weight is 440 g/mol. The summed E-state index contributed by atoms with van der Waals surface area (Å²) in [4.78, 5) is 17.6. The summed E-state index contributed by atoms with van der Waals surface area (Å²) in [6.07, 6.45) is 5.71. The summed E-state index contributed by atoms with van der Waals surface area (Å²) in [7, 11) is 3.48. The van der Waals surface area contributed by atoms with Crippen LogP contribution < -0.4 is 10.6 Å². The standard InChI is InChI=1S/C15H28N4OS.HI/c1-11(2)9-16-15(17-10-14(20)19(3)4)18-12-6-7-13(8-12)21-5;/h12-13H,1,6-10H2,2-5H3,(H2,16,17,18);1H. The van der Waals surface area contributed by atoms with E-state index in [1.54, 1.807) is 19.0 Å². The lowest BCUT2D eigenvalue weighted by Crippen LogP contribution is -2.43. The molecule has 2 atom stereocenters. The maximum Gasteiger partial charge on any atom is 0.243 e. The van der Waals surface area contributed by atoms with Crippen LogP contribution in [0.3, 0.4) is 0 Å². The van der Waals surface area contributed by atoms with E-state index in [4.69, 9.17) is 0 Å². The van der Waals surface area contributed by atoms with Gasteiger partial charge >= 0.3 is 0 Å². The minimum atomic E-state index is -0.000151. The molecular formula is C15H29IN4OS. The van der Waals surface area contributed by atoms with Gasteiger partial charge in [-0.25, -0.2) is 4.99 Å². The first-order valence-electron chi connectivity index (χ1n) is 7.34. The number of hydrogen-bond acceptors (Lipinski definition) is 3. The highest BCUT2D eigenvalue weighted by atomic mass is 127. The molecule has 0 heterocycles. The minimum absolute atomic E-state index is 0. The number of aliphatic imine (C=N–C) groups is 1.